The highest BCUT2D eigenvalue weighted by molar-refractivity contribution is 14.1. The molecule has 0 saturated heterocycles. The molecule has 64 valence electrons. The molecule has 6 heteroatoms. The summed E-state index contributed by atoms with van der Waals surface area (Å²) in [5.74, 6) is -1.26. The van der Waals surface area contributed by atoms with E-state index in [-0.39, 0.29) is 15.7 Å². The van der Waals surface area contributed by atoms with Crippen LogP contribution in [0.15, 0.2) is 9.98 Å². The molecule has 0 bridgehead atoms. The maximum absolute atomic E-state index is 10.9. The summed E-state index contributed by atoms with van der Waals surface area (Å²) >= 11 is 1.87. The molecule has 0 spiro atoms. The van der Waals surface area contributed by atoms with Gasteiger partial charge in [-0.25, -0.2) is 9.79 Å². The Morgan fingerprint density at radius 3 is 2.92 bits per heavy atom. The maximum atomic E-state index is 10.9. The Kier molecular flexibility index (Phi) is 2.90. The van der Waals surface area contributed by atoms with Crippen LogP contribution >= 0.6 is 22.6 Å². The van der Waals surface area contributed by atoms with Crippen molar-refractivity contribution in [3.63, 3.8) is 0 Å². The van der Waals surface area contributed by atoms with Gasteiger partial charge < -0.3 is 4.74 Å². The summed E-state index contributed by atoms with van der Waals surface area (Å²) in [6.07, 6.45) is 1.36. The van der Waals surface area contributed by atoms with Crippen molar-refractivity contribution in [3.8, 4) is 0 Å². The minimum absolute atomic E-state index is 0.185. The zero-order valence-corrected chi connectivity index (χ0v) is 8.31. The highest BCUT2D eigenvalue weighted by atomic mass is 127. The number of halogens is 1. The zero-order chi connectivity index (χ0) is 9.14. The fourth-order valence-corrected chi connectivity index (χ4v) is 0.884. The lowest BCUT2D eigenvalue weighted by atomic mass is 10.4. The normalized spacial score (nSPS) is 22.0. The number of carbonyl (C=O) groups is 2. The smallest absolute Gasteiger partial charge is 0.376 e. The van der Waals surface area contributed by atoms with E-state index in [1.807, 2.05) is 22.6 Å². The van der Waals surface area contributed by atoms with Gasteiger partial charge >= 0.3 is 5.97 Å². The molecule has 0 aromatic heterocycles. The van der Waals surface area contributed by atoms with E-state index in [1.165, 1.54) is 13.3 Å². The molecular formula is C6H5IN2O3. The Labute approximate surface area is 82.0 Å². The minimum Gasteiger partial charge on any atom is -0.463 e. The van der Waals surface area contributed by atoms with Crippen LogP contribution in [-0.4, -0.2) is 35.0 Å². The van der Waals surface area contributed by atoms with Crippen LogP contribution in [0.3, 0.4) is 0 Å². The van der Waals surface area contributed by atoms with Crippen molar-refractivity contribution in [1.29, 1.82) is 0 Å². The highest BCUT2D eigenvalue weighted by Gasteiger charge is 2.21. The van der Waals surface area contributed by atoms with Gasteiger partial charge in [-0.2, -0.15) is 4.99 Å². The van der Waals surface area contributed by atoms with Crippen LogP contribution < -0.4 is 0 Å². The van der Waals surface area contributed by atoms with Crippen LogP contribution in [0.4, 0.5) is 0 Å². The zero-order valence-electron chi connectivity index (χ0n) is 6.15. The first-order valence-electron chi connectivity index (χ1n) is 3.04. The van der Waals surface area contributed by atoms with Crippen molar-refractivity contribution in [1.82, 2.24) is 0 Å². The summed E-state index contributed by atoms with van der Waals surface area (Å²) in [7, 11) is 1.21. The Balaban J connectivity index is 2.83. The quantitative estimate of drug-likeness (QED) is 0.385. The molecule has 1 rings (SSSR count). The van der Waals surface area contributed by atoms with E-state index in [1.54, 1.807) is 0 Å². The van der Waals surface area contributed by atoms with Gasteiger partial charge in [-0.15, -0.1) is 0 Å². The van der Waals surface area contributed by atoms with Gasteiger partial charge in [0.2, 0.25) is 5.84 Å². The number of aliphatic imine (C=N–C) groups is 2. The standard InChI is InChI=1S/C6H5IN2O3/c1-12-6(11)4-8-2-3(7)5(10)9-4/h2-3H,1H3. The van der Waals surface area contributed by atoms with E-state index in [2.05, 4.69) is 14.7 Å². The van der Waals surface area contributed by atoms with Crippen molar-refractivity contribution >= 4 is 46.5 Å². The first-order chi connectivity index (χ1) is 5.65. The molecule has 0 radical (unpaired) electrons. The van der Waals surface area contributed by atoms with Gasteiger partial charge in [0.25, 0.3) is 5.91 Å². The SMILES string of the molecule is COC(=O)C1=NC(=O)C(I)C=N1. The highest BCUT2D eigenvalue weighted by Crippen LogP contribution is 2.05. The second-order valence-electron chi connectivity index (χ2n) is 1.95. The van der Waals surface area contributed by atoms with E-state index in [9.17, 15) is 9.59 Å². The molecule has 0 aromatic rings. The van der Waals surface area contributed by atoms with Gasteiger partial charge in [0, 0.05) is 6.21 Å². The van der Waals surface area contributed by atoms with Crippen molar-refractivity contribution < 1.29 is 14.3 Å². The molecule has 12 heavy (non-hydrogen) atoms. The van der Waals surface area contributed by atoms with Crippen LogP contribution in [-0.2, 0) is 14.3 Å². The van der Waals surface area contributed by atoms with Crippen molar-refractivity contribution in [2.75, 3.05) is 7.11 Å². The van der Waals surface area contributed by atoms with E-state index in [0.29, 0.717) is 0 Å². The van der Waals surface area contributed by atoms with Gasteiger partial charge in [0.05, 0.1) is 7.11 Å². The summed E-state index contributed by atoms with van der Waals surface area (Å²) in [6, 6.07) is 0. The second kappa shape index (κ2) is 3.74. The third kappa shape index (κ3) is 1.87. The fraction of sp³-hybridized carbons (Fsp3) is 0.333. The second-order valence-corrected chi connectivity index (χ2v) is 3.29. The van der Waals surface area contributed by atoms with E-state index < -0.39 is 5.97 Å². The predicted molar refractivity (Wildman–Crippen MR) is 50.8 cm³/mol. The Hall–Kier alpha value is -0.790. The fourth-order valence-electron chi connectivity index (χ4n) is 0.584. The number of hydrogen-bond acceptors (Lipinski definition) is 4. The number of nitrogens with zero attached hydrogens (tertiary/aromatic N) is 2. The molecule has 0 N–H and O–H groups in total. The molecule has 0 saturated carbocycles. The molecule has 0 fully saturated rings. The van der Waals surface area contributed by atoms with Gasteiger partial charge in [-0.05, 0) is 0 Å². The first kappa shape index (κ1) is 9.30. The van der Waals surface area contributed by atoms with Gasteiger partial charge in [0.15, 0.2) is 0 Å². The number of esters is 1. The molecule has 1 amide bonds. The molecule has 1 aliphatic heterocycles. The Morgan fingerprint density at radius 1 is 1.75 bits per heavy atom. The Morgan fingerprint density at radius 2 is 2.42 bits per heavy atom. The van der Waals surface area contributed by atoms with Crippen LogP contribution in [0, 0.1) is 0 Å². The third-order valence-corrected chi connectivity index (χ3v) is 2.00. The predicted octanol–water partition coefficient (Wildman–Crippen LogP) is -0.0275. The van der Waals surface area contributed by atoms with Crippen molar-refractivity contribution in [2.24, 2.45) is 9.98 Å². The molecule has 0 aliphatic carbocycles. The molecule has 1 aliphatic rings. The van der Waals surface area contributed by atoms with Crippen LogP contribution in [0.2, 0.25) is 0 Å². The van der Waals surface area contributed by atoms with E-state index in [4.69, 9.17) is 0 Å². The molecule has 1 unspecified atom stereocenters. The number of ether oxygens (including phenoxy) is 1. The van der Waals surface area contributed by atoms with Crippen LogP contribution in [0.25, 0.3) is 0 Å². The topological polar surface area (TPSA) is 68.1 Å². The van der Waals surface area contributed by atoms with Crippen LogP contribution in [0.1, 0.15) is 0 Å². The lowest BCUT2D eigenvalue weighted by Crippen LogP contribution is -2.25. The number of amidine groups is 1. The number of alkyl halides is 1. The number of amides is 1. The lowest BCUT2D eigenvalue weighted by molar-refractivity contribution is -0.133. The average molecular weight is 280 g/mol. The van der Waals surface area contributed by atoms with Gasteiger partial charge in [-0.3, -0.25) is 4.79 Å². The Bertz CT molecular complexity index is 283. The monoisotopic (exact) mass is 280 g/mol. The van der Waals surface area contributed by atoms with Gasteiger partial charge in [-0.1, -0.05) is 22.6 Å². The lowest BCUT2D eigenvalue weighted by Gasteiger charge is -2.05. The largest absolute Gasteiger partial charge is 0.463 e. The number of carbonyl (C=O) groups excluding carboxylic acids is 2. The van der Waals surface area contributed by atoms with Crippen molar-refractivity contribution in [2.45, 2.75) is 3.92 Å². The van der Waals surface area contributed by atoms with Gasteiger partial charge in [0.1, 0.15) is 3.92 Å². The first-order valence-corrected chi connectivity index (χ1v) is 4.29. The number of hydrogen-bond donors (Lipinski definition) is 0. The number of rotatable bonds is 1. The third-order valence-electron chi connectivity index (χ3n) is 1.15. The average Bonchev–Trinajstić information content (AvgIpc) is 2.08. The molecule has 0 aromatic carbocycles. The molecular weight excluding hydrogens is 275 g/mol. The molecule has 5 nitrogen and oxygen atoms in total. The van der Waals surface area contributed by atoms with Crippen molar-refractivity contribution in [3.05, 3.63) is 0 Å². The van der Waals surface area contributed by atoms with Crippen LogP contribution in [0.5, 0.6) is 0 Å². The van der Waals surface area contributed by atoms with E-state index >= 15 is 0 Å². The molecule has 1 atom stereocenters. The summed E-state index contributed by atoms with van der Waals surface area (Å²) in [6.45, 7) is 0. The summed E-state index contributed by atoms with van der Waals surface area (Å²) in [5.41, 5.74) is 0. The maximum Gasteiger partial charge on any atom is 0.376 e. The number of methoxy groups -OCH3 is 1. The summed E-state index contributed by atoms with van der Waals surface area (Å²) in [5, 5.41) is 0. The van der Waals surface area contributed by atoms with E-state index in [0.717, 1.165) is 0 Å². The minimum atomic E-state index is -0.692. The molecule has 1 heterocycles. The summed E-state index contributed by atoms with van der Waals surface area (Å²) < 4.78 is 3.96. The summed E-state index contributed by atoms with van der Waals surface area (Å²) in [4.78, 5) is 28.8.